The first-order valence-corrected chi connectivity index (χ1v) is 8.63. The van der Waals surface area contributed by atoms with Crippen molar-refractivity contribution in [2.75, 3.05) is 6.61 Å². The van der Waals surface area contributed by atoms with Crippen molar-refractivity contribution in [3.63, 3.8) is 0 Å². The highest BCUT2D eigenvalue weighted by Gasteiger charge is 2.31. The van der Waals surface area contributed by atoms with Crippen LogP contribution in [-0.2, 0) is 24.3 Å². The second-order valence-corrected chi connectivity index (χ2v) is 6.23. The van der Waals surface area contributed by atoms with Gasteiger partial charge in [-0.25, -0.2) is 4.79 Å². The third-order valence-electron chi connectivity index (χ3n) is 4.44. The van der Waals surface area contributed by atoms with Crippen LogP contribution < -0.4 is 10.6 Å². The van der Waals surface area contributed by atoms with Gasteiger partial charge in [0.1, 0.15) is 0 Å². The summed E-state index contributed by atoms with van der Waals surface area (Å²) in [6.45, 7) is 3.70. The molecule has 5 heteroatoms. The molecule has 5 nitrogen and oxygen atoms in total. The molecule has 0 bridgehead atoms. The maximum absolute atomic E-state index is 12.2. The van der Waals surface area contributed by atoms with Gasteiger partial charge in [0.2, 0.25) is 0 Å². The Balaban J connectivity index is 1.51. The second kappa shape index (κ2) is 8.14. The van der Waals surface area contributed by atoms with E-state index in [-0.39, 0.29) is 12.1 Å². The summed E-state index contributed by atoms with van der Waals surface area (Å²) >= 11 is 0. The van der Waals surface area contributed by atoms with Crippen LogP contribution in [0.2, 0.25) is 0 Å². The van der Waals surface area contributed by atoms with E-state index in [0.717, 1.165) is 22.3 Å². The number of hydrogen-bond acceptors (Lipinski definition) is 3. The minimum Gasteiger partial charge on any atom is -0.390 e. The van der Waals surface area contributed by atoms with Gasteiger partial charge in [0.15, 0.2) is 0 Å². The van der Waals surface area contributed by atoms with Gasteiger partial charge < -0.3 is 20.5 Å². The summed E-state index contributed by atoms with van der Waals surface area (Å²) in [7, 11) is 0. The van der Waals surface area contributed by atoms with Crippen LogP contribution in [0, 0.1) is 0 Å². The number of carbonyl (C=O) groups is 1. The number of aliphatic hydroxyl groups excluding tert-OH is 1. The van der Waals surface area contributed by atoms with E-state index < -0.39 is 6.10 Å². The molecule has 2 amide bonds. The van der Waals surface area contributed by atoms with Gasteiger partial charge in [-0.2, -0.15) is 0 Å². The van der Waals surface area contributed by atoms with Crippen molar-refractivity contribution in [1.82, 2.24) is 10.6 Å². The van der Waals surface area contributed by atoms with Crippen molar-refractivity contribution in [3.8, 4) is 0 Å². The molecule has 0 aliphatic heterocycles. The number of benzene rings is 2. The van der Waals surface area contributed by atoms with Gasteiger partial charge in [-0.05, 0) is 29.2 Å². The Kier molecular flexibility index (Phi) is 5.68. The molecule has 1 aliphatic rings. The lowest BCUT2D eigenvalue weighted by molar-refractivity contribution is 0.134. The molecule has 0 saturated carbocycles. The molecule has 0 saturated heterocycles. The summed E-state index contributed by atoms with van der Waals surface area (Å²) in [6, 6.07) is 15.1. The highest BCUT2D eigenvalue weighted by molar-refractivity contribution is 5.74. The Morgan fingerprint density at radius 2 is 1.88 bits per heavy atom. The smallest absolute Gasteiger partial charge is 0.315 e. The van der Waals surface area contributed by atoms with E-state index in [1.807, 2.05) is 55.5 Å². The Morgan fingerprint density at radius 3 is 2.64 bits per heavy atom. The standard InChI is InChI=1S/C20H24N2O3/c1-2-25-13-15-9-7-14(8-10-15)12-21-20(24)22-19-17-6-4-3-5-16(17)11-18(19)23/h3-10,18-19,23H,2,11-13H2,1H3,(H2,21,22,24). The Hall–Kier alpha value is -2.37. The van der Waals surface area contributed by atoms with Crippen molar-refractivity contribution in [1.29, 1.82) is 0 Å². The molecule has 0 fully saturated rings. The maximum Gasteiger partial charge on any atom is 0.315 e. The zero-order valence-corrected chi connectivity index (χ0v) is 14.4. The maximum atomic E-state index is 12.2. The van der Waals surface area contributed by atoms with Gasteiger partial charge in [0, 0.05) is 19.6 Å². The van der Waals surface area contributed by atoms with E-state index in [0.29, 0.717) is 26.2 Å². The number of nitrogens with one attached hydrogen (secondary N) is 2. The average Bonchev–Trinajstić information content (AvgIpc) is 2.94. The number of fused-ring (bicyclic) bond motifs is 1. The number of hydrogen-bond donors (Lipinski definition) is 3. The minimum atomic E-state index is -0.582. The largest absolute Gasteiger partial charge is 0.390 e. The molecule has 2 atom stereocenters. The monoisotopic (exact) mass is 340 g/mol. The second-order valence-electron chi connectivity index (χ2n) is 6.23. The van der Waals surface area contributed by atoms with Crippen LogP contribution in [-0.4, -0.2) is 23.8 Å². The van der Waals surface area contributed by atoms with Gasteiger partial charge in [-0.1, -0.05) is 48.5 Å². The normalized spacial score (nSPS) is 18.6. The van der Waals surface area contributed by atoms with Crippen molar-refractivity contribution in [2.45, 2.75) is 38.6 Å². The highest BCUT2D eigenvalue weighted by Crippen LogP contribution is 2.31. The van der Waals surface area contributed by atoms with Crippen LogP contribution in [0.4, 0.5) is 4.79 Å². The lowest BCUT2D eigenvalue weighted by Crippen LogP contribution is -2.40. The molecule has 2 aromatic rings. The highest BCUT2D eigenvalue weighted by atomic mass is 16.5. The lowest BCUT2D eigenvalue weighted by atomic mass is 10.1. The van der Waals surface area contributed by atoms with E-state index in [4.69, 9.17) is 4.74 Å². The van der Waals surface area contributed by atoms with Gasteiger partial charge in [-0.3, -0.25) is 0 Å². The Labute approximate surface area is 148 Å². The van der Waals surface area contributed by atoms with Crippen LogP contribution in [0.5, 0.6) is 0 Å². The third kappa shape index (κ3) is 4.38. The molecule has 3 rings (SSSR count). The summed E-state index contributed by atoms with van der Waals surface area (Å²) in [6.07, 6.45) is -0.0106. The lowest BCUT2D eigenvalue weighted by Gasteiger charge is -2.18. The Morgan fingerprint density at radius 1 is 1.16 bits per heavy atom. The third-order valence-corrected chi connectivity index (χ3v) is 4.44. The van der Waals surface area contributed by atoms with Crippen LogP contribution in [0.25, 0.3) is 0 Å². The summed E-state index contributed by atoms with van der Waals surface area (Å²) in [5, 5.41) is 15.9. The Bertz CT molecular complexity index is 715. The fourth-order valence-corrected chi connectivity index (χ4v) is 3.10. The molecule has 0 radical (unpaired) electrons. The van der Waals surface area contributed by atoms with Gasteiger partial charge >= 0.3 is 6.03 Å². The molecule has 132 valence electrons. The van der Waals surface area contributed by atoms with E-state index in [2.05, 4.69) is 10.6 Å². The summed E-state index contributed by atoms with van der Waals surface area (Å²) in [5.41, 5.74) is 4.21. The molecular weight excluding hydrogens is 316 g/mol. The van der Waals surface area contributed by atoms with Crippen molar-refractivity contribution in [3.05, 3.63) is 70.8 Å². The summed E-state index contributed by atoms with van der Waals surface area (Å²) in [5.74, 6) is 0. The van der Waals surface area contributed by atoms with Crippen LogP contribution in [0.3, 0.4) is 0 Å². The first kappa shape index (κ1) is 17.5. The molecule has 2 unspecified atom stereocenters. The number of ether oxygens (including phenoxy) is 1. The summed E-state index contributed by atoms with van der Waals surface area (Å²) < 4.78 is 5.37. The van der Waals surface area contributed by atoms with Crippen molar-refractivity contribution < 1.29 is 14.6 Å². The predicted octanol–water partition coefficient (Wildman–Crippen LogP) is 2.68. The average molecular weight is 340 g/mol. The first-order chi connectivity index (χ1) is 12.2. The van der Waals surface area contributed by atoms with Crippen LogP contribution in [0.15, 0.2) is 48.5 Å². The van der Waals surface area contributed by atoms with E-state index in [1.54, 1.807) is 0 Å². The molecule has 0 heterocycles. The topological polar surface area (TPSA) is 70.6 Å². The van der Waals surface area contributed by atoms with Crippen LogP contribution in [0.1, 0.15) is 35.2 Å². The molecule has 3 N–H and O–H groups in total. The number of aliphatic hydroxyl groups is 1. The number of amides is 2. The molecule has 25 heavy (non-hydrogen) atoms. The molecule has 2 aromatic carbocycles. The van der Waals surface area contributed by atoms with E-state index in [1.165, 1.54) is 0 Å². The molecule has 1 aliphatic carbocycles. The van der Waals surface area contributed by atoms with Gasteiger partial charge in [0.25, 0.3) is 0 Å². The SMILES string of the molecule is CCOCc1ccc(CNC(=O)NC2c3ccccc3CC2O)cc1. The number of carbonyl (C=O) groups excluding carboxylic acids is 1. The fraction of sp³-hybridized carbons (Fsp3) is 0.350. The quantitative estimate of drug-likeness (QED) is 0.757. The van der Waals surface area contributed by atoms with Gasteiger partial charge in [-0.15, -0.1) is 0 Å². The molecular formula is C20H24N2O3. The fourth-order valence-electron chi connectivity index (χ4n) is 3.10. The van der Waals surface area contributed by atoms with Gasteiger partial charge in [0.05, 0.1) is 18.8 Å². The zero-order chi connectivity index (χ0) is 17.6. The van der Waals surface area contributed by atoms with E-state index in [9.17, 15) is 9.90 Å². The first-order valence-electron chi connectivity index (χ1n) is 8.63. The summed E-state index contributed by atoms with van der Waals surface area (Å²) in [4.78, 5) is 12.2. The zero-order valence-electron chi connectivity index (χ0n) is 14.4. The van der Waals surface area contributed by atoms with Crippen molar-refractivity contribution in [2.24, 2.45) is 0 Å². The molecule has 0 aromatic heterocycles. The van der Waals surface area contributed by atoms with Crippen LogP contribution >= 0.6 is 0 Å². The van der Waals surface area contributed by atoms with Crippen molar-refractivity contribution >= 4 is 6.03 Å². The molecule has 0 spiro atoms. The predicted molar refractivity (Wildman–Crippen MR) is 96.0 cm³/mol. The number of urea groups is 1. The van der Waals surface area contributed by atoms with E-state index >= 15 is 0 Å². The number of rotatable bonds is 6. The minimum absolute atomic E-state index is 0.279.